The Morgan fingerprint density at radius 2 is 2.00 bits per heavy atom. The number of nitrogens with zero attached hydrogens (tertiary/aromatic N) is 2. The lowest BCUT2D eigenvalue weighted by Crippen LogP contribution is -2.09. The van der Waals surface area contributed by atoms with Gasteiger partial charge in [0.25, 0.3) is 0 Å². The molecule has 3 rings (SSSR count). The number of anilines is 1. The fourth-order valence-electron chi connectivity index (χ4n) is 2.53. The largest absolute Gasteiger partial charge is 0.493 e. The van der Waals surface area contributed by atoms with Gasteiger partial charge in [0.1, 0.15) is 17.0 Å². The first kappa shape index (κ1) is 16.5. The SMILES string of the molecule is COc1ccc(-c2csc3ncnc(NCCCN)c23)cc1OC. The number of nitrogens with one attached hydrogen (secondary N) is 1. The molecule has 0 radical (unpaired) electrons. The molecule has 2 aromatic heterocycles. The van der Waals surface area contributed by atoms with Crippen LogP contribution in [0.2, 0.25) is 0 Å². The Morgan fingerprint density at radius 3 is 2.75 bits per heavy atom. The third-order valence-electron chi connectivity index (χ3n) is 3.74. The molecule has 7 heteroatoms. The molecule has 0 aliphatic rings. The van der Waals surface area contributed by atoms with Crippen LogP contribution in [-0.2, 0) is 0 Å². The minimum Gasteiger partial charge on any atom is -0.493 e. The second-order valence-electron chi connectivity index (χ2n) is 5.19. The number of aromatic nitrogens is 2. The highest BCUT2D eigenvalue weighted by atomic mass is 32.1. The van der Waals surface area contributed by atoms with Crippen LogP contribution in [0.25, 0.3) is 21.3 Å². The molecule has 24 heavy (non-hydrogen) atoms. The van der Waals surface area contributed by atoms with Crippen molar-refractivity contribution in [3.05, 3.63) is 29.9 Å². The molecule has 0 saturated carbocycles. The van der Waals surface area contributed by atoms with Crippen LogP contribution in [0, 0.1) is 0 Å². The normalized spacial score (nSPS) is 10.8. The van der Waals surface area contributed by atoms with Crippen molar-refractivity contribution in [1.82, 2.24) is 9.97 Å². The van der Waals surface area contributed by atoms with Crippen LogP contribution in [0.15, 0.2) is 29.9 Å². The number of thiophene rings is 1. The van der Waals surface area contributed by atoms with E-state index in [1.54, 1.807) is 31.9 Å². The van der Waals surface area contributed by atoms with E-state index in [1.165, 1.54) is 0 Å². The fourth-order valence-corrected chi connectivity index (χ4v) is 3.45. The molecule has 126 valence electrons. The summed E-state index contributed by atoms with van der Waals surface area (Å²) in [5.74, 6) is 2.24. The maximum Gasteiger partial charge on any atom is 0.161 e. The van der Waals surface area contributed by atoms with Crippen LogP contribution in [0.4, 0.5) is 5.82 Å². The van der Waals surface area contributed by atoms with Gasteiger partial charge < -0.3 is 20.5 Å². The molecular weight excluding hydrogens is 324 g/mol. The van der Waals surface area contributed by atoms with Gasteiger partial charge in [-0.25, -0.2) is 9.97 Å². The summed E-state index contributed by atoms with van der Waals surface area (Å²) in [7, 11) is 3.26. The minimum absolute atomic E-state index is 0.646. The van der Waals surface area contributed by atoms with Gasteiger partial charge in [0.2, 0.25) is 0 Å². The molecule has 0 saturated heterocycles. The summed E-state index contributed by atoms with van der Waals surface area (Å²) < 4.78 is 10.7. The van der Waals surface area contributed by atoms with E-state index in [9.17, 15) is 0 Å². The van der Waals surface area contributed by atoms with E-state index in [4.69, 9.17) is 15.2 Å². The molecule has 2 heterocycles. The van der Waals surface area contributed by atoms with Crippen molar-refractivity contribution in [3.63, 3.8) is 0 Å². The number of hydrogen-bond acceptors (Lipinski definition) is 7. The molecule has 1 aromatic carbocycles. The molecule has 0 spiro atoms. The predicted octanol–water partition coefficient (Wildman–Crippen LogP) is 3.14. The zero-order chi connectivity index (χ0) is 16.9. The van der Waals surface area contributed by atoms with Crippen molar-refractivity contribution in [3.8, 4) is 22.6 Å². The van der Waals surface area contributed by atoms with Crippen molar-refractivity contribution < 1.29 is 9.47 Å². The summed E-state index contributed by atoms with van der Waals surface area (Å²) in [5, 5.41) is 6.47. The van der Waals surface area contributed by atoms with Gasteiger partial charge in [0.15, 0.2) is 11.5 Å². The Morgan fingerprint density at radius 1 is 1.17 bits per heavy atom. The highest BCUT2D eigenvalue weighted by Crippen LogP contribution is 2.39. The van der Waals surface area contributed by atoms with Gasteiger partial charge in [0.05, 0.1) is 19.6 Å². The van der Waals surface area contributed by atoms with Gasteiger partial charge in [-0.1, -0.05) is 6.07 Å². The zero-order valence-corrected chi connectivity index (χ0v) is 14.5. The van der Waals surface area contributed by atoms with E-state index in [0.29, 0.717) is 18.0 Å². The lowest BCUT2D eigenvalue weighted by atomic mass is 10.1. The number of ether oxygens (including phenoxy) is 2. The van der Waals surface area contributed by atoms with E-state index in [-0.39, 0.29) is 0 Å². The quantitative estimate of drug-likeness (QED) is 0.641. The van der Waals surface area contributed by atoms with Crippen molar-refractivity contribution in [2.45, 2.75) is 6.42 Å². The fraction of sp³-hybridized carbons (Fsp3) is 0.294. The molecule has 3 N–H and O–H groups in total. The van der Waals surface area contributed by atoms with Crippen molar-refractivity contribution in [2.75, 3.05) is 32.6 Å². The predicted molar refractivity (Wildman–Crippen MR) is 98.1 cm³/mol. The molecule has 0 amide bonds. The smallest absolute Gasteiger partial charge is 0.161 e. The van der Waals surface area contributed by atoms with E-state index < -0.39 is 0 Å². The number of benzene rings is 1. The van der Waals surface area contributed by atoms with Crippen LogP contribution >= 0.6 is 11.3 Å². The monoisotopic (exact) mass is 344 g/mol. The van der Waals surface area contributed by atoms with E-state index in [1.807, 2.05) is 18.2 Å². The average Bonchev–Trinajstić information content (AvgIpc) is 3.06. The van der Waals surface area contributed by atoms with Crippen LogP contribution in [0.1, 0.15) is 6.42 Å². The zero-order valence-electron chi connectivity index (χ0n) is 13.7. The molecule has 6 nitrogen and oxygen atoms in total. The number of rotatable bonds is 7. The van der Waals surface area contributed by atoms with Crippen LogP contribution < -0.4 is 20.5 Å². The van der Waals surface area contributed by atoms with Crippen molar-refractivity contribution >= 4 is 27.4 Å². The standard InChI is InChI=1S/C17H20N4O2S/c1-22-13-5-4-11(8-14(13)23-2)12-9-24-17-15(12)16(20-10-21-17)19-7-3-6-18/h4-5,8-10H,3,6-7,18H2,1-2H3,(H,19,20,21). The van der Waals surface area contributed by atoms with Gasteiger partial charge >= 0.3 is 0 Å². The topological polar surface area (TPSA) is 82.3 Å². The highest BCUT2D eigenvalue weighted by molar-refractivity contribution is 7.17. The van der Waals surface area contributed by atoms with E-state index >= 15 is 0 Å². The van der Waals surface area contributed by atoms with Crippen LogP contribution in [-0.4, -0.2) is 37.3 Å². The molecular formula is C17H20N4O2S. The maximum atomic E-state index is 5.57. The van der Waals surface area contributed by atoms with Gasteiger partial charge in [-0.2, -0.15) is 0 Å². The molecule has 0 aliphatic heterocycles. The molecule has 0 bridgehead atoms. The third kappa shape index (κ3) is 3.13. The first-order valence-electron chi connectivity index (χ1n) is 7.67. The van der Waals surface area contributed by atoms with Gasteiger partial charge in [0, 0.05) is 17.5 Å². The average molecular weight is 344 g/mol. The molecule has 0 unspecified atom stereocenters. The second kappa shape index (κ2) is 7.46. The first-order valence-corrected chi connectivity index (χ1v) is 8.55. The summed E-state index contributed by atoms with van der Waals surface area (Å²) in [6, 6.07) is 5.89. The molecule has 0 fully saturated rings. The van der Waals surface area contributed by atoms with Gasteiger partial charge in [-0.05, 0) is 30.7 Å². The Kier molecular flexibility index (Phi) is 5.12. The minimum atomic E-state index is 0.646. The second-order valence-corrected chi connectivity index (χ2v) is 6.05. The molecule has 0 aliphatic carbocycles. The van der Waals surface area contributed by atoms with Gasteiger partial charge in [-0.15, -0.1) is 11.3 Å². The van der Waals surface area contributed by atoms with E-state index in [2.05, 4.69) is 20.7 Å². The Labute approximate surface area is 144 Å². The number of methoxy groups -OCH3 is 2. The maximum absolute atomic E-state index is 5.57. The molecule has 3 aromatic rings. The van der Waals surface area contributed by atoms with Crippen molar-refractivity contribution in [1.29, 1.82) is 0 Å². The Bertz CT molecular complexity index is 835. The summed E-state index contributed by atoms with van der Waals surface area (Å²) >= 11 is 1.60. The third-order valence-corrected chi connectivity index (χ3v) is 4.62. The lowest BCUT2D eigenvalue weighted by molar-refractivity contribution is 0.355. The number of fused-ring (bicyclic) bond motifs is 1. The first-order chi connectivity index (χ1) is 11.8. The van der Waals surface area contributed by atoms with Crippen LogP contribution in [0.3, 0.4) is 0 Å². The van der Waals surface area contributed by atoms with Crippen LogP contribution in [0.5, 0.6) is 11.5 Å². The number of nitrogens with two attached hydrogens (primary N) is 1. The van der Waals surface area contributed by atoms with Gasteiger partial charge in [-0.3, -0.25) is 0 Å². The molecule has 0 atom stereocenters. The highest BCUT2D eigenvalue weighted by Gasteiger charge is 2.14. The lowest BCUT2D eigenvalue weighted by Gasteiger charge is -2.11. The summed E-state index contributed by atoms with van der Waals surface area (Å²) in [6.07, 6.45) is 2.48. The number of hydrogen-bond donors (Lipinski definition) is 2. The summed E-state index contributed by atoms with van der Waals surface area (Å²) in [5.41, 5.74) is 7.68. The summed E-state index contributed by atoms with van der Waals surface area (Å²) in [4.78, 5) is 9.73. The van der Waals surface area contributed by atoms with E-state index in [0.717, 1.165) is 40.1 Å². The van der Waals surface area contributed by atoms with Crippen molar-refractivity contribution in [2.24, 2.45) is 5.73 Å². The Balaban J connectivity index is 2.06. The summed E-state index contributed by atoms with van der Waals surface area (Å²) in [6.45, 7) is 1.43. The Hall–Kier alpha value is -2.38.